The van der Waals surface area contributed by atoms with Crippen molar-refractivity contribution in [2.24, 2.45) is 0 Å². The Balaban J connectivity index is 3.10. The van der Waals surface area contributed by atoms with Gasteiger partial charge in [0.2, 0.25) is 0 Å². The summed E-state index contributed by atoms with van der Waals surface area (Å²) in [4.78, 5) is 0. The van der Waals surface area contributed by atoms with Crippen molar-refractivity contribution in [1.82, 2.24) is 0 Å². The van der Waals surface area contributed by atoms with Crippen LogP contribution in [0.5, 0.6) is 0 Å². The first kappa shape index (κ1) is 10.3. The van der Waals surface area contributed by atoms with E-state index in [0.717, 1.165) is 5.56 Å². The van der Waals surface area contributed by atoms with E-state index in [2.05, 4.69) is 4.72 Å². The third-order valence-corrected chi connectivity index (χ3v) is 2.61. The number of anilines is 1. The first-order valence-electron chi connectivity index (χ1n) is 3.67. The molecule has 0 bridgehead atoms. The predicted octanol–water partition coefficient (Wildman–Crippen LogP) is 2.65. The fourth-order valence-electron chi connectivity index (χ4n) is 0.936. The molecular formula is C8H11ClN2OS. The summed E-state index contributed by atoms with van der Waals surface area (Å²) in [5, 5.41) is 0.518. The van der Waals surface area contributed by atoms with Gasteiger partial charge in [0.05, 0.1) is 10.7 Å². The van der Waals surface area contributed by atoms with E-state index in [1.165, 1.54) is 6.26 Å². The van der Waals surface area contributed by atoms with Crippen LogP contribution in [0.25, 0.3) is 0 Å². The number of hydrogen-bond acceptors (Lipinski definition) is 2. The van der Waals surface area contributed by atoms with Gasteiger partial charge < -0.3 is 0 Å². The van der Waals surface area contributed by atoms with E-state index in [9.17, 15) is 4.21 Å². The van der Waals surface area contributed by atoms with Crippen LogP contribution in [0.2, 0.25) is 5.02 Å². The average Bonchev–Trinajstić information content (AvgIpc) is 1.96. The molecule has 0 aliphatic heterocycles. The summed E-state index contributed by atoms with van der Waals surface area (Å²) >= 11 is 5.93. The number of nitrogens with one attached hydrogen (secondary N) is 2. The first-order valence-corrected chi connectivity index (χ1v) is 6.01. The number of rotatable bonds is 2. The molecule has 0 heterocycles. The third-order valence-electron chi connectivity index (χ3n) is 1.50. The zero-order chi connectivity index (χ0) is 10.1. The highest BCUT2D eigenvalue weighted by molar-refractivity contribution is 7.93. The smallest absolute Gasteiger partial charge is 0.123 e. The van der Waals surface area contributed by atoms with Crippen LogP contribution in [0.3, 0.4) is 0 Å². The predicted molar refractivity (Wildman–Crippen MR) is 56.6 cm³/mol. The molecule has 0 amide bonds. The molecular weight excluding hydrogens is 208 g/mol. The van der Waals surface area contributed by atoms with Crippen molar-refractivity contribution in [2.75, 3.05) is 11.0 Å². The van der Waals surface area contributed by atoms with E-state index in [-0.39, 0.29) is 0 Å². The standard InChI is InChI=1S/C8H11ClN2OS/c1-6-4-3-5-7(8(6)9)11-13(2,10)12/h3-5H,1-2H3,(H2,10,11,12). The first-order chi connectivity index (χ1) is 5.90. The molecule has 2 N–H and O–H groups in total. The third kappa shape index (κ3) is 2.90. The lowest BCUT2D eigenvalue weighted by Gasteiger charge is -2.09. The van der Waals surface area contributed by atoms with Crippen molar-refractivity contribution in [3.05, 3.63) is 28.8 Å². The van der Waals surface area contributed by atoms with E-state index in [1.54, 1.807) is 12.1 Å². The minimum absolute atomic E-state index is 0.518. The van der Waals surface area contributed by atoms with Crippen molar-refractivity contribution in [2.45, 2.75) is 6.92 Å². The lowest BCUT2D eigenvalue weighted by molar-refractivity contribution is 0.682. The van der Waals surface area contributed by atoms with Gasteiger partial charge in [-0.15, -0.1) is 0 Å². The van der Waals surface area contributed by atoms with Crippen molar-refractivity contribution < 1.29 is 4.21 Å². The van der Waals surface area contributed by atoms with Crippen LogP contribution in [0.1, 0.15) is 5.56 Å². The van der Waals surface area contributed by atoms with E-state index in [0.29, 0.717) is 10.7 Å². The van der Waals surface area contributed by atoms with Gasteiger partial charge in [-0.05, 0) is 18.6 Å². The molecule has 1 unspecified atom stereocenters. The summed E-state index contributed by atoms with van der Waals surface area (Å²) in [7, 11) is -2.75. The summed E-state index contributed by atoms with van der Waals surface area (Å²) in [6.45, 7) is 1.86. The molecule has 0 aliphatic carbocycles. The van der Waals surface area contributed by atoms with E-state index in [1.807, 2.05) is 13.0 Å². The van der Waals surface area contributed by atoms with Gasteiger partial charge >= 0.3 is 0 Å². The molecule has 0 aliphatic rings. The normalized spacial score (nSPS) is 15.0. The molecule has 13 heavy (non-hydrogen) atoms. The molecule has 1 aromatic carbocycles. The van der Waals surface area contributed by atoms with Gasteiger partial charge in [0.1, 0.15) is 9.92 Å². The maximum atomic E-state index is 11.1. The van der Waals surface area contributed by atoms with Crippen LogP contribution < -0.4 is 4.72 Å². The zero-order valence-electron chi connectivity index (χ0n) is 7.43. The SMILES string of the molecule is Cc1cccc(NS(C)(=N)=O)c1Cl. The van der Waals surface area contributed by atoms with Gasteiger partial charge in [0.15, 0.2) is 0 Å². The molecule has 0 aromatic heterocycles. The summed E-state index contributed by atoms with van der Waals surface area (Å²) in [5.41, 5.74) is 1.44. The fraction of sp³-hybridized carbons (Fsp3) is 0.250. The molecule has 0 fully saturated rings. The van der Waals surface area contributed by atoms with Gasteiger partial charge in [0.25, 0.3) is 0 Å². The van der Waals surface area contributed by atoms with Gasteiger partial charge in [0, 0.05) is 6.26 Å². The van der Waals surface area contributed by atoms with Crippen molar-refractivity contribution >= 4 is 27.2 Å². The molecule has 3 nitrogen and oxygen atoms in total. The van der Waals surface area contributed by atoms with Gasteiger partial charge in [-0.2, -0.15) is 0 Å². The topological polar surface area (TPSA) is 53.0 Å². The number of halogens is 1. The van der Waals surface area contributed by atoms with Gasteiger partial charge in [-0.3, -0.25) is 4.72 Å². The van der Waals surface area contributed by atoms with Crippen LogP contribution in [-0.4, -0.2) is 10.5 Å². The molecule has 0 radical (unpaired) electrons. The van der Waals surface area contributed by atoms with Crippen molar-refractivity contribution in [3.8, 4) is 0 Å². The molecule has 0 saturated carbocycles. The Kier molecular flexibility index (Phi) is 2.83. The molecule has 1 aromatic rings. The van der Waals surface area contributed by atoms with Gasteiger partial charge in [-0.25, -0.2) is 8.99 Å². The van der Waals surface area contributed by atoms with E-state index in [4.69, 9.17) is 16.4 Å². The maximum absolute atomic E-state index is 11.1. The number of aryl methyl sites for hydroxylation is 1. The molecule has 5 heteroatoms. The van der Waals surface area contributed by atoms with Crippen LogP contribution in [0, 0.1) is 11.7 Å². The number of hydrogen-bond donors (Lipinski definition) is 2. The Labute approximate surface area is 83.2 Å². The zero-order valence-corrected chi connectivity index (χ0v) is 9.00. The molecule has 72 valence electrons. The lowest BCUT2D eigenvalue weighted by atomic mass is 10.2. The van der Waals surface area contributed by atoms with Gasteiger partial charge in [-0.1, -0.05) is 23.7 Å². The maximum Gasteiger partial charge on any atom is 0.123 e. The lowest BCUT2D eigenvalue weighted by Crippen LogP contribution is -2.08. The summed E-state index contributed by atoms with van der Waals surface area (Å²) in [6.07, 6.45) is 1.31. The monoisotopic (exact) mass is 218 g/mol. The second-order valence-corrected chi connectivity index (χ2v) is 5.15. The quantitative estimate of drug-likeness (QED) is 0.788. The van der Waals surface area contributed by atoms with Crippen LogP contribution in [0.15, 0.2) is 18.2 Å². The van der Waals surface area contributed by atoms with Crippen LogP contribution in [-0.2, 0) is 9.92 Å². The van der Waals surface area contributed by atoms with Crippen LogP contribution >= 0.6 is 11.6 Å². The van der Waals surface area contributed by atoms with E-state index >= 15 is 0 Å². The largest absolute Gasteiger partial charge is 0.298 e. The molecule has 0 saturated heterocycles. The highest BCUT2D eigenvalue weighted by atomic mass is 35.5. The minimum atomic E-state index is -2.75. The Morgan fingerprint density at radius 3 is 2.69 bits per heavy atom. The second kappa shape index (κ2) is 3.55. The van der Waals surface area contributed by atoms with Crippen LogP contribution in [0.4, 0.5) is 5.69 Å². The van der Waals surface area contributed by atoms with Crippen molar-refractivity contribution in [1.29, 1.82) is 4.78 Å². The molecule has 0 spiro atoms. The van der Waals surface area contributed by atoms with Crippen molar-refractivity contribution in [3.63, 3.8) is 0 Å². The Hall–Kier alpha value is -0.740. The van der Waals surface area contributed by atoms with E-state index < -0.39 is 9.92 Å². The fourth-order valence-corrected chi connectivity index (χ4v) is 1.76. The summed E-state index contributed by atoms with van der Waals surface area (Å²) < 4.78 is 20.9. The Morgan fingerprint density at radius 2 is 2.15 bits per heavy atom. The number of benzene rings is 1. The molecule has 1 rings (SSSR count). The second-order valence-electron chi connectivity index (χ2n) is 2.88. The Morgan fingerprint density at radius 1 is 1.54 bits per heavy atom. The minimum Gasteiger partial charge on any atom is -0.298 e. The summed E-state index contributed by atoms with van der Waals surface area (Å²) in [5.74, 6) is 0. The average molecular weight is 219 g/mol. The Bertz CT molecular complexity index is 414. The molecule has 1 atom stereocenters. The summed E-state index contributed by atoms with van der Waals surface area (Å²) in [6, 6.07) is 5.36. The highest BCUT2D eigenvalue weighted by Crippen LogP contribution is 2.25. The highest BCUT2D eigenvalue weighted by Gasteiger charge is 2.04.